The molecule has 0 aliphatic heterocycles. The maximum Gasteiger partial charge on any atom is 0.210 e. The summed E-state index contributed by atoms with van der Waals surface area (Å²) < 4.78 is 1.53. The summed E-state index contributed by atoms with van der Waals surface area (Å²) in [6, 6.07) is 15.9. The summed E-state index contributed by atoms with van der Waals surface area (Å²) in [6.45, 7) is 2.10. The Bertz CT molecular complexity index is 781. The fourth-order valence-electron chi connectivity index (χ4n) is 2.16. The Morgan fingerprint density at radius 2 is 1.65 bits per heavy atom. The predicted molar refractivity (Wildman–Crippen MR) is 92.3 cm³/mol. The number of benzene rings is 2. The third kappa shape index (κ3) is 3.55. The molecule has 0 fully saturated rings. The number of aryl methyl sites for hydroxylation is 1. The first kappa shape index (κ1) is 15.6. The lowest BCUT2D eigenvalue weighted by Gasteiger charge is -2.05. The number of rotatable bonds is 5. The van der Waals surface area contributed by atoms with Crippen molar-refractivity contribution in [3.05, 3.63) is 65.2 Å². The second-order valence-corrected chi connectivity index (χ2v) is 6.25. The minimum atomic E-state index is 0.0600. The monoisotopic (exact) mass is 326 g/mol. The highest BCUT2D eigenvalue weighted by Gasteiger charge is 2.12. The van der Waals surface area contributed by atoms with E-state index in [1.54, 1.807) is 0 Å². The molecule has 0 amide bonds. The lowest BCUT2D eigenvalue weighted by atomic mass is 10.1. The van der Waals surface area contributed by atoms with Gasteiger partial charge in [-0.2, -0.15) is 0 Å². The Hall–Kier alpha value is -2.31. The van der Waals surface area contributed by atoms with Crippen LogP contribution in [0.4, 0.5) is 0 Å². The van der Waals surface area contributed by atoms with Gasteiger partial charge in [-0.05, 0) is 18.1 Å². The first-order valence-corrected chi connectivity index (χ1v) is 8.25. The molecule has 0 unspecified atom stereocenters. The van der Waals surface area contributed by atoms with E-state index in [0.29, 0.717) is 11.0 Å². The van der Waals surface area contributed by atoms with Gasteiger partial charge in [0, 0.05) is 11.3 Å². The van der Waals surface area contributed by atoms with E-state index in [-0.39, 0.29) is 6.61 Å². The summed E-state index contributed by atoms with van der Waals surface area (Å²) in [5, 5.41) is 18.1. The van der Waals surface area contributed by atoms with E-state index in [1.807, 2.05) is 55.5 Å². The number of nitrogens with zero attached hydrogens (tertiary/aromatic N) is 3. The average molecular weight is 326 g/mol. The van der Waals surface area contributed by atoms with Gasteiger partial charge in [0.05, 0.1) is 6.61 Å². The van der Waals surface area contributed by atoms with Crippen molar-refractivity contribution in [1.82, 2.24) is 14.9 Å². The maximum atomic E-state index is 9.06. The molecule has 1 aromatic heterocycles. The lowest BCUT2D eigenvalue weighted by Crippen LogP contribution is -2.11. The van der Waals surface area contributed by atoms with Gasteiger partial charge in [-0.1, -0.05) is 65.9 Å². The number of hydrogen-bond acceptors (Lipinski definition) is 5. The van der Waals surface area contributed by atoms with Crippen LogP contribution < -0.4 is 5.84 Å². The molecule has 0 spiro atoms. The van der Waals surface area contributed by atoms with Crippen molar-refractivity contribution < 1.29 is 5.11 Å². The zero-order valence-electron chi connectivity index (χ0n) is 12.8. The third-order valence-corrected chi connectivity index (χ3v) is 4.56. The van der Waals surface area contributed by atoms with Crippen LogP contribution in [0, 0.1) is 6.92 Å². The quantitative estimate of drug-likeness (QED) is 0.557. The Morgan fingerprint density at radius 3 is 2.30 bits per heavy atom. The molecular weight excluding hydrogens is 308 g/mol. The third-order valence-electron chi connectivity index (χ3n) is 3.55. The largest absolute Gasteiger partial charge is 0.392 e. The molecule has 3 N–H and O–H groups in total. The summed E-state index contributed by atoms with van der Waals surface area (Å²) in [5.74, 6) is 7.52. The van der Waals surface area contributed by atoms with E-state index >= 15 is 0 Å². The van der Waals surface area contributed by atoms with Crippen molar-refractivity contribution in [2.45, 2.75) is 24.4 Å². The number of aliphatic hydroxyl groups is 1. The molecule has 0 atom stereocenters. The van der Waals surface area contributed by atoms with Gasteiger partial charge >= 0.3 is 0 Å². The first-order valence-electron chi connectivity index (χ1n) is 7.26. The first-order chi connectivity index (χ1) is 11.2. The second-order valence-electron chi connectivity index (χ2n) is 5.31. The summed E-state index contributed by atoms with van der Waals surface area (Å²) in [7, 11) is 0. The molecule has 2 aromatic carbocycles. The van der Waals surface area contributed by atoms with Crippen LogP contribution in [0.3, 0.4) is 0 Å². The molecule has 0 aliphatic carbocycles. The fraction of sp³-hybridized carbons (Fsp3) is 0.176. The van der Waals surface area contributed by atoms with Crippen molar-refractivity contribution in [1.29, 1.82) is 0 Å². The Balaban J connectivity index is 1.72. The SMILES string of the molecule is Cc1ccc(-c2nnc(SCc3ccc(CO)cc3)n2N)cc1. The highest BCUT2D eigenvalue weighted by Crippen LogP contribution is 2.24. The highest BCUT2D eigenvalue weighted by molar-refractivity contribution is 7.98. The molecule has 6 heteroatoms. The molecule has 0 radical (unpaired) electrons. The Kier molecular flexibility index (Phi) is 4.64. The fourth-order valence-corrected chi connectivity index (χ4v) is 2.98. The average Bonchev–Trinajstić information content (AvgIpc) is 2.95. The number of thioether (sulfide) groups is 1. The molecule has 0 bridgehead atoms. The van der Waals surface area contributed by atoms with Crippen LogP contribution in [0.15, 0.2) is 53.7 Å². The van der Waals surface area contributed by atoms with Gasteiger partial charge in [-0.3, -0.25) is 0 Å². The van der Waals surface area contributed by atoms with E-state index in [1.165, 1.54) is 22.0 Å². The molecule has 118 valence electrons. The van der Waals surface area contributed by atoms with E-state index in [2.05, 4.69) is 10.2 Å². The van der Waals surface area contributed by atoms with Crippen molar-refractivity contribution >= 4 is 11.8 Å². The van der Waals surface area contributed by atoms with E-state index in [4.69, 9.17) is 10.9 Å². The standard InChI is InChI=1S/C17H18N4OS/c1-12-2-8-15(9-3-12)16-19-20-17(21(16)18)23-11-14-6-4-13(10-22)5-7-14/h2-9,22H,10-11,18H2,1H3. The summed E-state index contributed by atoms with van der Waals surface area (Å²) >= 11 is 1.53. The smallest absolute Gasteiger partial charge is 0.210 e. The number of aromatic nitrogens is 3. The minimum absolute atomic E-state index is 0.0600. The Labute approximate surface area is 139 Å². The van der Waals surface area contributed by atoms with Crippen LogP contribution in [-0.2, 0) is 12.4 Å². The van der Waals surface area contributed by atoms with Gasteiger partial charge in [0.1, 0.15) is 0 Å². The van der Waals surface area contributed by atoms with Gasteiger partial charge in [0.15, 0.2) is 5.82 Å². The van der Waals surface area contributed by atoms with Crippen molar-refractivity contribution in [3.63, 3.8) is 0 Å². The van der Waals surface area contributed by atoms with Crippen LogP contribution in [0.5, 0.6) is 0 Å². The number of aliphatic hydroxyl groups excluding tert-OH is 1. The molecular formula is C17H18N4OS. The van der Waals surface area contributed by atoms with E-state index < -0.39 is 0 Å². The van der Waals surface area contributed by atoms with E-state index in [0.717, 1.165) is 22.4 Å². The lowest BCUT2D eigenvalue weighted by molar-refractivity contribution is 0.282. The van der Waals surface area contributed by atoms with Crippen LogP contribution in [0.25, 0.3) is 11.4 Å². The van der Waals surface area contributed by atoms with Gasteiger partial charge in [0.2, 0.25) is 5.16 Å². The zero-order chi connectivity index (χ0) is 16.2. The van der Waals surface area contributed by atoms with Gasteiger partial charge in [0.25, 0.3) is 0 Å². The topological polar surface area (TPSA) is 77.0 Å². The van der Waals surface area contributed by atoms with Gasteiger partial charge in [-0.25, -0.2) is 4.68 Å². The number of hydrogen-bond donors (Lipinski definition) is 2. The second kappa shape index (κ2) is 6.85. The summed E-state index contributed by atoms with van der Waals surface area (Å²) in [6.07, 6.45) is 0. The molecule has 0 saturated carbocycles. The van der Waals surface area contributed by atoms with Crippen LogP contribution in [0.1, 0.15) is 16.7 Å². The zero-order valence-corrected chi connectivity index (χ0v) is 13.6. The molecule has 23 heavy (non-hydrogen) atoms. The summed E-state index contributed by atoms with van der Waals surface area (Å²) in [4.78, 5) is 0. The predicted octanol–water partition coefficient (Wildman–Crippen LogP) is 2.75. The minimum Gasteiger partial charge on any atom is -0.392 e. The van der Waals surface area contributed by atoms with Crippen LogP contribution >= 0.6 is 11.8 Å². The molecule has 3 aromatic rings. The highest BCUT2D eigenvalue weighted by atomic mass is 32.2. The molecule has 1 heterocycles. The summed E-state index contributed by atoms with van der Waals surface area (Å²) in [5.41, 5.74) is 4.19. The molecule has 0 aliphatic rings. The van der Waals surface area contributed by atoms with Crippen molar-refractivity contribution in [3.8, 4) is 11.4 Å². The number of nitrogen functional groups attached to an aromatic ring is 1. The van der Waals surface area contributed by atoms with Crippen molar-refractivity contribution in [2.75, 3.05) is 5.84 Å². The molecule has 3 rings (SSSR count). The van der Waals surface area contributed by atoms with Crippen molar-refractivity contribution in [2.24, 2.45) is 0 Å². The van der Waals surface area contributed by atoms with E-state index in [9.17, 15) is 0 Å². The maximum absolute atomic E-state index is 9.06. The molecule has 0 saturated heterocycles. The molecule has 5 nitrogen and oxygen atoms in total. The van der Waals surface area contributed by atoms with Gasteiger partial charge in [-0.15, -0.1) is 10.2 Å². The van der Waals surface area contributed by atoms with Crippen LogP contribution in [0.2, 0.25) is 0 Å². The number of nitrogens with two attached hydrogens (primary N) is 1. The van der Waals surface area contributed by atoms with Gasteiger partial charge < -0.3 is 10.9 Å². The Morgan fingerprint density at radius 1 is 1.00 bits per heavy atom. The van der Waals surface area contributed by atoms with Crippen LogP contribution in [-0.4, -0.2) is 20.0 Å². The normalized spacial score (nSPS) is 10.9.